The summed E-state index contributed by atoms with van der Waals surface area (Å²) in [6.07, 6.45) is 2.64. The molecule has 0 aromatic heterocycles. The van der Waals surface area contributed by atoms with Crippen molar-refractivity contribution in [3.8, 4) is 0 Å². The van der Waals surface area contributed by atoms with Gasteiger partial charge in [-0.3, -0.25) is 14.5 Å². The Hall–Kier alpha value is -1.10. The minimum atomic E-state index is -1.08. The molecule has 0 amide bonds. The zero-order valence-corrected chi connectivity index (χ0v) is 9.27. The highest BCUT2D eigenvalue weighted by Crippen LogP contribution is 2.05. The number of nitrogens with zero attached hydrogens (tertiary/aromatic N) is 1. The first-order valence-corrected chi connectivity index (χ1v) is 5.13. The van der Waals surface area contributed by atoms with Crippen molar-refractivity contribution in [2.75, 3.05) is 13.6 Å². The summed E-state index contributed by atoms with van der Waals surface area (Å²) in [4.78, 5) is 22.9. The molecule has 0 unspecified atom stereocenters. The van der Waals surface area contributed by atoms with Crippen LogP contribution in [0.25, 0.3) is 0 Å². The third-order valence-electron chi connectivity index (χ3n) is 2.30. The number of likely N-dealkylation sites (N-methyl/N-ethyl adjacent to an activating group) is 1. The van der Waals surface area contributed by atoms with Gasteiger partial charge in [-0.1, -0.05) is 19.8 Å². The van der Waals surface area contributed by atoms with Gasteiger partial charge in [0.1, 0.15) is 6.04 Å². The summed E-state index contributed by atoms with van der Waals surface area (Å²) < 4.78 is 0. The SMILES string of the molecule is CCCCCN(C)[C@@H](CC(=O)O)C(=O)O. The molecular weight excluding hydrogens is 198 g/mol. The number of carboxylic acid groups (broad SMARTS) is 2. The smallest absolute Gasteiger partial charge is 0.321 e. The Morgan fingerprint density at radius 1 is 1.27 bits per heavy atom. The van der Waals surface area contributed by atoms with Gasteiger partial charge in [-0.2, -0.15) is 0 Å². The number of rotatable bonds is 8. The van der Waals surface area contributed by atoms with Crippen molar-refractivity contribution in [1.82, 2.24) is 4.90 Å². The van der Waals surface area contributed by atoms with Gasteiger partial charge >= 0.3 is 11.9 Å². The molecule has 0 aliphatic rings. The highest BCUT2D eigenvalue weighted by molar-refractivity contribution is 5.80. The van der Waals surface area contributed by atoms with Gasteiger partial charge in [0.25, 0.3) is 0 Å². The minimum absolute atomic E-state index is 0.349. The normalized spacial score (nSPS) is 12.7. The predicted octanol–water partition coefficient (Wildman–Crippen LogP) is 1.04. The lowest BCUT2D eigenvalue weighted by atomic mass is 10.1. The fourth-order valence-electron chi connectivity index (χ4n) is 1.36. The average molecular weight is 217 g/mol. The Kier molecular flexibility index (Phi) is 6.70. The van der Waals surface area contributed by atoms with Gasteiger partial charge in [-0.15, -0.1) is 0 Å². The molecule has 0 fully saturated rings. The summed E-state index contributed by atoms with van der Waals surface area (Å²) in [5.74, 6) is -2.15. The number of hydrogen-bond acceptors (Lipinski definition) is 3. The molecule has 0 spiro atoms. The Labute approximate surface area is 89.7 Å². The minimum Gasteiger partial charge on any atom is -0.481 e. The van der Waals surface area contributed by atoms with Gasteiger partial charge in [-0.05, 0) is 20.0 Å². The monoisotopic (exact) mass is 217 g/mol. The highest BCUT2D eigenvalue weighted by Gasteiger charge is 2.24. The summed E-state index contributed by atoms with van der Waals surface area (Å²) in [7, 11) is 1.65. The molecule has 0 aromatic carbocycles. The zero-order valence-electron chi connectivity index (χ0n) is 9.27. The maximum absolute atomic E-state index is 10.8. The van der Waals surface area contributed by atoms with E-state index in [9.17, 15) is 9.59 Å². The van der Waals surface area contributed by atoms with E-state index >= 15 is 0 Å². The first-order valence-electron chi connectivity index (χ1n) is 5.13. The average Bonchev–Trinajstić information content (AvgIpc) is 2.13. The van der Waals surface area contributed by atoms with Gasteiger partial charge in [0.2, 0.25) is 0 Å². The van der Waals surface area contributed by atoms with Crippen LogP contribution in [-0.4, -0.2) is 46.7 Å². The van der Waals surface area contributed by atoms with Crippen LogP contribution in [0.3, 0.4) is 0 Å². The number of carbonyl (C=O) groups is 2. The zero-order chi connectivity index (χ0) is 11.8. The first-order chi connectivity index (χ1) is 6.99. The van der Waals surface area contributed by atoms with Crippen LogP contribution in [-0.2, 0) is 9.59 Å². The molecule has 0 aromatic rings. The van der Waals surface area contributed by atoms with E-state index < -0.39 is 18.0 Å². The van der Waals surface area contributed by atoms with E-state index in [-0.39, 0.29) is 6.42 Å². The largest absolute Gasteiger partial charge is 0.481 e. The lowest BCUT2D eigenvalue weighted by Crippen LogP contribution is -2.40. The quantitative estimate of drug-likeness (QED) is 0.594. The van der Waals surface area contributed by atoms with Crippen molar-refractivity contribution in [2.24, 2.45) is 0 Å². The lowest BCUT2D eigenvalue weighted by Gasteiger charge is -2.22. The summed E-state index contributed by atoms with van der Waals surface area (Å²) >= 11 is 0. The van der Waals surface area contributed by atoms with Crippen LogP contribution >= 0.6 is 0 Å². The molecule has 0 saturated heterocycles. The van der Waals surface area contributed by atoms with E-state index in [4.69, 9.17) is 10.2 Å². The van der Waals surface area contributed by atoms with Crippen LogP contribution < -0.4 is 0 Å². The molecule has 0 aliphatic carbocycles. The summed E-state index contributed by atoms with van der Waals surface area (Å²) in [5, 5.41) is 17.4. The molecule has 0 radical (unpaired) electrons. The Bertz CT molecular complexity index is 217. The molecule has 0 bridgehead atoms. The van der Waals surface area contributed by atoms with Crippen LogP contribution in [0, 0.1) is 0 Å². The topological polar surface area (TPSA) is 77.8 Å². The van der Waals surface area contributed by atoms with E-state index in [2.05, 4.69) is 6.92 Å². The van der Waals surface area contributed by atoms with Crippen LogP contribution in [0.1, 0.15) is 32.6 Å². The second-order valence-corrected chi connectivity index (χ2v) is 3.64. The second kappa shape index (κ2) is 7.23. The first kappa shape index (κ1) is 13.9. The van der Waals surface area contributed by atoms with Gasteiger partial charge in [-0.25, -0.2) is 0 Å². The van der Waals surface area contributed by atoms with Crippen LogP contribution in [0.5, 0.6) is 0 Å². The van der Waals surface area contributed by atoms with Gasteiger partial charge in [0.15, 0.2) is 0 Å². The standard InChI is InChI=1S/C10H19NO4/c1-3-4-5-6-11(2)8(10(14)15)7-9(12)13/h8H,3-7H2,1-2H3,(H,12,13)(H,14,15)/t8-/m0/s1. The van der Waals surface area contributed by atoms with Gasteiger partial charge in [0.05, 0.1) is 6.42 Å². The number of carboxylic acids is 2. The van der Waals surface area contributed by atoms with Crippen molar-refractivity contribution in [2.45, 2.75) is 38.6 Å². The molecule has 88 valence electrons. The molecular formula is C10H19NO4. The molecule has 5 heteroatoms. The van der Waals surface area contributed by atoms with E-state index in [1.54, 1.807) is 11.9 Å². The molecule has 1 atom stereocenters. The van der Waals surface area contributed by atoms with Gasteiger partial charge < -0.3 is 10.2 Å². The van der Waals surface area contributed by atoms with E-state index in [1.807, 2.05) is 0 Å². The van der Waals surface area contributed by atoms with Crippen molar-refractivity contribution in [3.05, 3.63) is 0 Å². The number of aliphatic carboxylic acids is 2. The fraction of sp³-hybridized carbons (Fsp3) is 0.800. The van der Waals surface area contributed by atoms with Crippen molar-refractivity contribution in [3.63, 3.8) is 0 Å². The Morgan fingerprint density at radius 3 is 2.27 bits per heavy atom. The lowest BCUT2D eigenvalue weighted by molar-refractivity contribution is -0.149. The molecule has 5 nitrogen and oxygen atoms in total. The summed E-state index contributed by atoms with van der Waals surface area (Å²) in [6, 6.07) is -0.917. The van der Waals surface area contributed by atoms with Gasteiger partial charge in [0, 0.05) is 0 Å². The predicted molar refractivity (Wildman–Crippen MR) is 55.8 cm³/mol. The number of hydrogen-bond donors (Lipinski definition) is 2. The van der Waals surface area contributed by atoms with Crippen LogP contribution in [0.2, 0.25) is 0 Å². The molecule has 2 N–H and O–H groups in total. The van der Waals surface area contributed by atoms with Crippen molar-refractivity contribution >= 4 is 11.9 Å². The molecule has 15 heavy (non-hydrogen) atoms. The van der Waals surface area contributed by atoms with Crippen molar-refractivity contribution in [1.29, 1.82) is 0 Å². The number of unbranched alkanes of at least 4 members (excludes halogenated alkanes) is 2. The highest BCUT2D eigenvalue weighted by atomic mass is 16.4. The van der Waals surface area contributed by atoms with E-state index in [1.165, 1.54) is 0 Å². The third kappa shape index (κ3) is 6.06. The summed E-state index contributed by atoms with van der Waals surface area (Å²) in [6.45, 7) is 2.68. The molecule has 0 saturated carbocycles. The van der Waals surface area contributed by atoms with Crippen LogP contribution in [0.4, 0.5) is 0 Å². The second-order valence-electron chi connectivity index (χ2n) is 3.64. The maximum Gasteiger partial charge on any atom is 0.321 e. The molecule has 0 rings (SSSR count). The van der Waals surface area contributed by atoms with Crippen molar-refractivity contribution < 1.29 is 19.8 Å². The van der Waals surface area contributed by atoms with E-state index in [0.717, 1.165) is 19.3 Å². The molecule has 0 aliphatic heterocycles. The van der Waals surface area contributed by atoms with Crippen LogP contribution in [0.15, 0.2) is 0 Å². The summed E-state index contributed by atoms with van der Waals surface area (Å²) in [5.41, 5.74) is 0. The Balaban J connectivity index is 4.10. The fourth-order valence-corrected chi connectivity index (χ4v) is 1.36. The van der Waals surface area contributed by atoms with E-state index in [0.29, 0.717) is 6.54 Å². The Morgan fingerprint density at radius 2 is 1.87 bits per heavy atom. The molecule has 0 heterocycles. The maximum atomic E-state index is 10.8. The third-order valence-corrected chi connectivity index (χ3v) is 2.30.